The number of ether oxygens (including phenoxy) is 1. The molecular formula is C17H21N3O4. The van der Waals surface area contributed by atoms with Gasteiger partial charge in [0, 0.05) is 30.6 Å². The van der Waals surface area contributed by atoms with E-state index in [9.17, 15) is 4.79 Å². The molecule has 1 unspecified atom stereocenters. The van der Waals surface area contributed by atoms with Gasteiger partial charge in [0.05, 0.1) is 7.11 Å². The molecule has 1 aliphatic heterocycles. The molecule has 1 amide bonds. The van der Waals surface area contributed by atoms with Gasteiger partial charge in [-0.05, 0) is 31.0 Å². The maximum absolute atomic E-state index is 11.9. The van der Waals surface area contributed by atoms with Gasteiger partial charge >= 0.3 is 0 Å². The molecule has 3 rings (SSSR count). The van der Waals surface area contributed by atoms with Gasteiger partial charge in [-0.25, -0.2) is 0 Å². The van der Waals surface area contributed by atoms with E-state index in [0.29, 0.717) is 12.2 Å². The summed E-state index contributed by atoms with van der Waals surface area (Å²) in [6, 6.07) is 6.08. The number of anilines is 1. The summed E-state index contributed by atoms with van der Waals surface area (Å²) in [5, 5.41) is 14.2. The van der Waals surface area contributed by atoms with Crippen LogP contribution in [0.25, 0.3) is 0 Å². The number of amides is 1. The number of nitrogens with one attached hydrogen (secondary N) is 1. The van der Waals surface area contributed by atoms with Gasteiger partial charge < -0.3 is 15.2 Å². The summed E-state index contributed by atoms with van der Waals surface area (Å²) in [5.74, 6) is 1.62. The summed E-state index contributed by atoms with van der Waals surface area (Å²) in [6.07, 6.45) is 2.48. The molecule has 2 N–H and O–H groups in total. The molecule has 0 bridgehead atoms. The van der Waals surface area contributed by atoms with E-state index >= 15 is 0 Å². The minimum absolute atomic E-state index is 0.0160. The zero-order valence-electron chi connectivity index (χ0n) is 13.9. The van der Waals surface area contributed by atoms with Gasteiger partial charge in [0.25, 0.3) is 6.47 Å². The Hall–Kier alpha value is -2.83. The lowest BCUT2D eigenvalue weighted by Gasteiger charge is -2.22. The van der Waals surface area contributed by atoms with Crippen LogP contribution in [0.3, 0.4) is 0 Å². The average molecular weight is 331 g/mol. The van der Waals surface area contributed by atoms with Gasteiger partial charge in [0.15, 0.2) is 5.82 Å². The molecule has 1 atom stereocenters. The van der Waals surface area contributed by atoms with Gasteiger partial charge in [-0.15, -0.1) is 0 Å². The van der Waals surface area contributed by atoms with Crippen molar-refractivity contribution in [3.63, 3.8) is 0 Å². The van der Waals surface area contributed by atoms with Crippen LogP contribution in [0.5, 0.6) is 5.75 Å². The van der Waals surface area contributed by atoms with Crippen molar-refractivity contribution >= 4 is 18.2 Å². The molecule has 0 spiro atoms. The molecule has 0 fully saturated rings. The summed E-state index contributed by atoms with van der Waals surface area (Å²) < 4.78 is 7.16. The number of carboxylic acid groups (broad SMARTS) is 1. The number of carbonyl (C=O) groups excluding carboxylic acids is 1. The van der Waals surface area contributed by atoms with Crippen molar-refractivity contribution in [2.75, 3.05) is 12.4 Å². The number of carbonyl (C=O) groups is 2. The first-order chi connectivity index (χ1) is 11.5. The Bertz CT molecular complexity index is 739. The molecule has 0 aliphatic carbocycles. The summed E-state index contributed by atoms with van der Waals surface area (Å²) in [6.45, 7) is 4.59. The van der Waals surface area contributed by atoms with Crippen LogP contribution in [0, 0.1) is 6.92 Å². The average Bonchev–Trinajstić information content (AvgIpc) is 2.97. The van der Waals surface area contributed by atoms with E-state index in [0.717, 1.165) is 29.0 Å². The van der Waals surface area contributed by atoms with Crippen LogP contribution in [0.15, 0.2) is 24.4 Å². The molecule has 2 aromatic rings. The lowest BCUT2D eigenvalue weighted by Crippen LogP contribution is -2.23. The third-order valence-corrected chi connectivity index (χ3v) is 3.96. The Morgan fingerprint density at radius 2 is 2.21 bits per heavy atom. The second-order valence-corrected chi connectivity index (χ2v) is 5.43. The van der Waals surface area contributed by atoms with Crippen molar-refractivity contribution in [1.82, 2.24) is 9.78 Å². The highest BCUT2D eigenvalue weighted by atomic mass is 16.5. The quantitative estimate of drug-likeness (QED) is 0.842. The lowest BCUT2D eigenvalue weighted by atomic mass is 9.86. The van der Waals surface area contributed by atoms with E-state index in [1.165, 1.54) is 0 Å². The molecule has 0 saturated carbocycles. The zero-order valence-corrected chi connectivity index (χ0v) is 13.9. The molecule has 2 heterocycles. The highest BCUT2D eigenvalue weighted by Gasteiger charge is 2.29. The van der Waals surface area contributed by atoms with Gasteiger partial charge in [0.2, 0.25) is 5.91 Å². The topological polar surface area (TPSA) is 93.5 Å². The van der Waals surface area contributed by atoms with E-state index in [2.05, 4.69) is 16.5 Å². The minimum Gasteiger partial charge on any atom is -0.496 e. The minimum atomic E-state index is -0.250. The van der Waals surface area contributed by atoms with Gasteiger partial charge in [0.1, 0.15) is 5.75 Å². The van der Waals surface area contributed by atoms with Crippen molar-refractivity contribution in [2.45, 2.75) is 32.7 Å². The van der Waals surface area contributed by atoms with Crippen molar-refractivity contribution in [2.24, 2.45) is 0 Å². The summed E-state index contributed by atoms with van der Waals surface area (Å²) in [5.41, 5.74) is 3.28. The molecule has 1 aliphatic rings. The Morgan fingerprint density at radius 1 is 1.50 bits per heavy atom. The number of aromatic nitrogens is 2. The first kappa shape index (κ1) is 17.5. The number of methoxy groups -OCH3 is 1. The third-order valence-electron chi connectivity index (χ3n) is 3.96. The van der Waals surface area contributed by atoms with Gasteiger partial charge in [-0.2, -0.15) is 5.10 Å². The first-order valence-corrected chi connectivity index (χ1v) is 7.63. The molecule has 24 heavy (non-hydrogen) atoms. The molecule has 0 radical (unpaired) electrons. The number of hydrogen-bond donors (Lipinski definition) is 2. The number of benzene rings is 1. The van der Waals surface area contributed by atoms with Crippen molar-refractivity contribution in [3.05, 3.63) is 41.1 Å². The second-order valence-electron chi connectivity index (χ2n) is 5.43. The normalized spacial score (nSPS) is 15.6. The van der Waals surface area contributed by atoms with Crippen LogP contribution >= 0.6 is 0 Å². The number of nitrogens with zero attached hydrogens (tertiary/aromatic N) is 2. The highest BCUT2D eigenvalue weighted by molar-refractivity contribution is 5.94. The second kappa shape index (κ2) is 7.63. The molecule has 1 aromatic heterocycles. The van der Waals surface area contributed by atoms with E-state index < -0.39 is 0 Å². The van der Waals surface area contributed by atoms with Crippen LogP contribution < -0.4 is 10.1 Å². The Kier molecular flexibility index (Phi) is 5.57. The molecular weight excluding hydrogens is 310 g/mol. The molecule has 128 valence electrons. The fourth-order valence-electron chi connectivity index (χ4n) is 2.85. The number of aryl methyl sites for hydroxylation is 2. The number of fused-ring (bicyclic) bond motifs is 1. The summed E-state index contributed by atoms with van der Waals surface area (Å²) in [4.78, 5) is 20.3. The SMILES string of the molecule is CCn1cc2c(n1)NC(=O)CC2c1ccc(OC)c(C)c1.O=CO. The molecule has 7 heteroatoms. The third kappa shape index (κ3) is 3.56. The summed E-state index contributed by atoms with van der Waals surface area (Å²) in [7, 11) is 1.67. The molecule has 0 saturated heterocycles. The largest absolute Gasteiger partial charge is 0.496 e. The van der Waals surface area contributed by atoms with Crippen LogP contribution in [0.2, 0.25) is 0 Å². The standard InChI is InChI=1S/C16H19N3O2.CH2O2/c1-4-19-9-13-12(8-15(20)17-16(13)18-19)11-5-6-14(21-3)10(2)7-11;2-1-3/h5-7,9,12H,4,8H2,1-3H3,(H,17,18,20);1H,(H,2,3). The molecule has 7 nitrogen and oxygen atoms in total. The first-order valence-electron chi connectivity index (χ1n) is 7.63. The van der Waals surface area contributed by atoms with E-state index in [1.807, 2.05) is 36.9 Å². The monoisotopic (exact) mass is 331 g/mol. The maximum Gasteiger partial charge on any atom is 0.290 e. The van der Waals surface area contributed by atoms with Crippen molar-refractivity contribution in [3.8, 4) is 5.75 Å². The predicted octanol–water partition coefficient (Wildman–Crippen LogP) is 2.39. The predicted molar refractivity (Wildman–Crippen MR) is 89.4 cm³/mol. The van der Waals surface area contributed by atoms with Crippen LogP contribution in [-0.4, -0.2) is 34.4 Å². The van der Waals surface area contributed by atoms with Gasteiger partial charge in [-0.1, -0.05) is 12.1 Å². The van der Waals surface area contributed by atoms with Crippen LogP contribution in [0.4, 0.5) is 5.82 Å². The van der Waals surface area contributed by atoms with E-state index in [-0.39, 0.29) is 18.3 Å². The Labute approximate surface area is 140 Å². The van der Waals surface area contributed by atoms with Crippen molar-refractivity contribution < 1.29 is 19.4 Å². The van der Waals surface area contributed by atoms with Gasteiger partial charge in [-0.3, -0.25) is 14.3 Å². The zero-order chi connectivity index (χ0) is 17.7. The summed E-state index contributed by atoms with van der Waals surface area (Å²) >= 11 is 0. The smallest absolute Gasteiger partial charge is 0.290 e. The van der Waals surface area contributed by atoms with E-state index in [4.69, 9.17) is 14.6 Å². The molecule has 1 aromatic carbocycles. The van der Waals surface area contributed by atoms with Crippen LogP contribution in [0.1, 0.15) is 36.0 Å². The fourth-order valence-corrected chi connectivity index (χ4v) is 2.85. The number of hydrogen-bond acceptors (Lipinski definition) is 4. The van der Waals surface area contributed by atoms with E-state index in [1.54, 1.807) is 7.11 Å². The Balaban J connectivity index is 0.000000647. The number of rotatable bonds is 3. The fraction of sp³-hybridized carbons (Fsp3) is 0.353. The lowest BCUT2D eigenvalue weighted by molar-refractivity contribution is -0.123. The highest BCUT2D eigenvalue weighted by Crippen LogP contribution is 2.37. The Morgan fingerprint density at radius 3 is 2.79 bits per heavy atom. The van der Waals surface area contributed by atoms with Crippen LogP contribution in [-0.2, 0) is 16.1 Å². The van der Waals surface area contributed by atoms with Crippen molar-refractivity contribution in [1.29, 1.82) is 0 Å². The maximum atomic E-state index is 11.9.